The van der Waals surface area contributed by atoms with E-state index in [1.54, 1.807) is 16.5 Å². The molecule has 0 spiro atoms. The van der Waals surface area contributed by atoms with Gasteiger partial charge >= 0.3 is 0 Å². The summed E-state index contributed by atoms with van der Waals surface area (Å²) in [5.74, 6) is 0.874. The Labute approximate surface area is 109 Å². The van der Waals surface area contributed by atoms with Crippen molar-refractivity contribution in [3.8, 4) is 17.1 Å². The first-order valence-electron chi connectivity index (χ1n) is 5.60. The molecule has 0 bridgehead atoms. The van der Waals surface area contributed by atoms with Crippen LogP contribution in [-0.4, -0.2) is 14.5 Å². The summed E-state index contributed by atoms with van der Waals surface area (Å²) in [6.07, 6.45) is 1.84. The standard InChI is InChI=1S/C14H11ClN2O/c1-9-5-2-3-6-10(9)14-16-13(15)12-11(18)7-4-8-17(12)14/h2-8,18H,1H3. The predicted molar refractivity (Wildman–Crippen MR) is 72.0 cm³/mol. The third-order valence-electron chi connectivity index (χ3n) is 2.99. The normalized spacial score (nSPS) is 11.0. The lowest BCUT2D eigenvalue weighted by molar-refractivity contribution is 0.479. The maximum absolute atomic E-state index is 9.84. The number of aryl methyl sites for hydroxylation is 1. The molecule has 0 atom stereocenters. The molecule has 90 valence electrons. The molecule has 0 amide bonds. The fraction of sp³-hybridized carbons (Fsp3) is 0.0714. The highest BCUT2D eigenvalue weighted by atomic mass is 35.5. The van der Waals surface area contributed by atoms with Crippen molar-refractivity contribution in [3.63, 3.8) is 0 Å². The van der Waals surface area contributed by atoms with Gasteiger partial charge in [-0.15, -0.1) is 0 Å². The van der Waals surface area contributed by atoms with Gasteiger partial charge in [0, 0.05) is 11.8 Å². The van der Waals surface area contributed by atoms with Gasteiger partial charge in [-0.1, -0.05) is 35.9 Å². The van der Waals surface area contributed by atoms with Crippen molar-refractivity contribution in [2.75, 3.05) is 0 Å². The van der Waals surface area contributed by atoms with Gasteiger partial charge in [-0.3, -0.25) is 4.40 Å². The van der Waals surface area contributed by atoms with Crippen LogP contribution in [0.1, 0.15) is 5.56 Å². The first-order valence-corrected chi connectivity index (χ1v) is 5.98. The van der Waals surface area contributed by atoms with Gasteiger partial charge < -0.3 is 5.11 Å². The molecule has 0 saturated carbocycles. The minimum absolute atomic E-state index is 0.134. The molecule has 2 heterocycles. The third-order valence-corrected chi connectivity index (χ3v) is 3.25. The second-order valence-corrected chi connectivity index (χ2v) is 4.51. The number of aromatic nitrogens is 2. The van der Waals surface area contributed by atoms with Gasteiger partial charge in [-0.2, -0.15) is 0 Å². The van der Waals surface area contributed by atoms with Crippen molar-refractivity contribution in [2.24, 2.45) is 0 Å². The summed E-state index contributed by atoms with van der Waals surface area (Å²) in [5.41, 5.74) is 2.66. The summed E-state index contributed by atoms with van der Waals surface area (Å²) < 4.78 is 1.81. The summed E-state index contributed by atoms with van der Waals surface area (Å²) in [7, 11) is 0. The highest BCUT2D eigenvalue weighted by molar-refractivity contribution is 6.33. The Morgan fingerprint density at radius 3 is 2.72 bits per heavy atom. The van der Waals surface area contributed by atoms with E-state index in [4.69, 9.17) is 11.6 Å². The average molecular weight is 259 g/mol. The van der Waals surface area contributed by atoms with E-state index in [1.165, 1.54) is 0 Å². The minimum atomic E-state index is 0.134. The number of hydrogen-bond donors (Lipinski definition) is 1. The Hall–Kier alpha value is -2.00. The lowest BCUT2D eigenvalue weighted by atomic mass is 10.1. The van der Waals surface area contributed by atoms with Crippen molar-refractivity contribution in [2.45, 2.75) is 6.92 Å². The number of pyridine rings is 1. The molecule has 0 aliphatic carbocycles. The summed E-state index contributed by atoms with van der Waals surface area (Å²) in [4.78, 5) is 4.35. The fourth-order valence-corrected chi connectivity index (χ4v) is 2.36. The lowest BCUT2D eigenvalue weighted by Crippen LogP contribution is -1.90. The second kappa shape index (κ2) is 4.03. The Morgan fingerprint density at radius 2 is 1.94 bits per heavy atom. The largest absolute Gasteiger partial charge is 0.506 e. The molecular weight excluding hydrogens is 248 g/mol. The van der Waals surface area contributed by atoms with Gasteiger partial charge in [0.25, 0.3) is 0 Å². The molecule has 0 unspecified atom stereocenters. The van der Waals surface area contributed by atoms with Crippen molar-refractivity contribution >= 4 is 17.1 Å². The summed E-state index contributed by atoms with van der Waals surface area (Å²) in [6.45, 7) is 2.02. The molecule has 0 saturated heterocycles. The van der Waals surface area contributed by atoms with E-state index >= 15 is 0 Å². The van der Waals surface area contributed by atoms with E-state index in [9.17, 15) is 5.11 Å². The minimum Gasteiger partial charge on any atom is -0.506 e. The summed E-state index contributed by atoms with van der Waals surface area (Å²) in [6, 6.07) is 11.3. The average Bonchev–Trinajstić information content (AvgIpc) is 2.69. The SMILES string of the molecule is Cc1ccccc1-c1nc(Cl)c2c(O)cccn12. The smallest absolute Gasteiger partial charge is 0.159 e. The molecule has 2 aromatic heterocycles. The molecule has 1 aromatic carbocycles. The Balaban J connectivity index is 2.38. The molecule has 1 N–H and O–H groups in total. The Morgan fingerprint density at radius 1 is 1.17 bits per heavy atom. The van der Waals surface area contributed by atoms with Crippen LogP contribution in [0.15, 0.2) is 42.6 Å². The summed E-state index contributed by atoms with van der Waals surface area (Å²) >= 11 is 6.09. The van der Waals surface area contributed by atoms with Crippen molar-refractivity contribution in [1.29, 1.82) is 0 Å². The molecule has 18 heavy (non-hydrogen) atoms. The number of rotatable bonds is 1. The van der Waals surface area contributed by atoms with Crippen molar-refractivity contribution in [1.82, 2.24) is 9.38 Å². The van der Waals surface area contributed by atoms with Crippen molar-refractivity contribution < 1.29 is 5.11 Å². The molecular formula is C14H11ClN2O. The van der Waals surface area contributed by atoms with Crippen LogP contribution in [-0.2, 0) is 0 Å². The topological polar surface area (TPSA) is 37.5 Å². The molecule has 0 fully saturated rings. The highest BCUT2D eigenvalue weighted by Gasteiger charge is 2.14. The molecule has 3 rings (SSSR count). The number of hydrogen-bond acceptors (Lipinski definition) is 2. The highest BCUT2D eigenvalue weighted by Crippen LogP contribution is 2.32. The van der Waals surface area contributed by atoms with E-state index in [2.05, 4.69) is 4.98 Å². The number of imidazole rings is 1. The molecule has 3 nitrogen and oxygen atoms in total. The zero-order chi connectivity index (χ0) is 12.7. The zero-order valence-corrected chi connectivity index (χ0v) is 10.5. The molecule has 0 radical (unpaired) electrons. The third kappa shape index (κ3) is 1.56. The van der Waals surface area contributed by atoms with Crippen LogP contribution in [0.2, 0.25) is 5.15 Å². The van der Waals surface area contributed by atoms with Crippen LogP contribution >= 0.6 is 11.6 Å². The number of nitrogens with zero attached hydrogens (tertiary/aromatic N) is 2. The first kappa shape index (κ1) is 11.1. The molecule has 3 aromatic rings. The van der Waals surface area contributed by atoms with Crippen LogP contribution in [0, 0.1) is 6.92 Å². The maximum Gasteiger partial charge on any atom is 0.159 e. The number of benzene rings is 1. The van der Waals surface area contributed by atoms with E-state index in [0.29, 0.717) is 10.7 Å². The van der Waals surface area contributed by atoms with Crippen molar-refractivity contribution in [3.05, 3.63) is 53.3 Å². The predicted octanol–water partition coefficient (Wildman–Crippen LogP) is 3.67. The van der Waals surface area contributed by atoms with Crippen LogP contribution in [0.5, 0.6) is 5.75 Å². The molecule has 0 aliphatic heterocycles. The molecule has 4 heteroatoms. The summed E-state index contributed by atoms with van der Waals surface area (Å²) in [5, 5.41) is 10.1. The quantitative estimate of drug-likeness (QED) is 0.723. The monoisotopic (exact) mass is 258 g/mol. The van der Waals surface area contributed by atoms with Gasteiger partial charge in [0.1, 0.15) is 17.1 Å². The maximum atomic E-state index is 9.84. The molecule has 0 aliphatic rings. The Bertz CT molecular complexity index is 734. The van der Waals surface area contributed by atoms with Crippen LogP contribution in [0.25, 0.3) is 16.9 Å². The van der Waals surface area contributed by atoms with Gasteiger partial charge in [0.2, 0.25) is 0 Å². The lowest BCUT2D eigenvalue weighted by Gasteiger charge is -2.04. The first-order chi connectivity index (χ1) is 8.68. The van der Waals surface area contributed by atoms with E-state index in [-0.39, 0.29) is 5.75 Å². The van der Waals surface area contributed by atoms with E-state index in [0.717, 1.165) is 17.0 Å². The number of fused-ring (bicyclic) bond motifs is 1. The zero-order valence-electron chi connectivity index (χ0n) is 9.76. The fourth-order valence-electron chi connectivity index (χ4n) is 2.09. The van der Waals surface area contributed by atoms with Gasteiger partial charge in [-0.05, 0) is 24.6 Å². The van der Waals surface area contributed by atoms with Gasteiger partial charge in [0.15, 0.2) is 5.15 Å². The number of aromatic hydroxyl groups is 1. The van der Waals surface area contributed by atoms with Gasteiger partial charge in [-0.25, -0.2) is 4.98 Å². The Kier molecular flexibility index (Phi) is 2.49. The van der Waals surface area contributed by atoms with Crippen LogP contribution < -0.4 is 0 Å². The second-order valence-electron chi connectivity index (χ2n) is 4.15. The van der Waals surface area contributed by atoms with Crippen LogP contribution in [0.3, 0.4) is 0 Å². The van der Waals surface area contributed by atoms with Crippen LogP contribution in [0.4, 0.5) is 0 Å². The number of halogens is 1. The van der Waals surface area contributed by atoms with Gasteiger partial charge in [0.05, 0.1) is 0 Å². The van der Waals surface area contributed by atoms with E-state index in [1.807, 2.05) is 37.4 Å². The van der Waals surface area contributed by atoms with E-state index < -0.39 is 0 Å².